The van der Waals surface area contributed by atoms with Gasteiger partial charge >= 0.3 is 0 Å². The van der Waals surface area contributed by atoms with Crippen molar-refractivity contribution in [3.63, 3.8) is 0 Å². The molecular weight excluding hydrogens is 304 g/mol. The zero-order chi connectivity index (χ0) is 16.4. The Hall–Kier alpha value is -2.51. The Morgan fingerprint density at radius 1 is 1.17 bits per heavy atom. The summed E-state index contributed by atoms with van der Waals surface area (Å²) in [4.78, 5) is 2.28. The molecular formula is C17H20N6O. The van der Waals surface area contributed by atoms with E-state index in [4.69, 9.17) is 4.74 Å². The van der Waals surface area contributed by atoms with E-state index in [0.717, 1.165) is 49.1 Å². The second-order valence-corrected chi connectivity index (χ2v) is 6.01. The molecule has 1 aliphatic rings. The fourth-order valence-electron chi connectivity index (χ4n) is 2.86. The third kappa shape index (κ3) is 3.08. The largest absolute Gasteiger partial charge is 0.374 e. The lowest BCUT2D eigenvalue weighted by Gasteiger charge is -2.30. The minimum atomic E-state index is 0.177. The number of nitrogens with one attached hydrogen (secondary N) is 1. The van der Waals surface area contributed by atoms with E-state index in [1.807, 2.05) is 42.5 Å². The molecule has 0 radical (unpaired) electrons. The van der Waals surface area contributed by atoms with E-state index in [-0.39, 0.29) is 6.10 Å². The molecule has 0 saturated carbocycles. The highest BCUT2D eigenvalue weighted by molar-refractivity contribution is 5.59. The molecule has 1 fully saturated rings. The molecule has 0 bridgehead atoms. The molecule has 7 heteroatoms. The maximum atomic E-state index is 5.77. The molecule has 0 unspecified atom stereocenters. The standard InChI is InChI=1S/C17H20N6O/c1-22-9-10-24-14(12-22)11-18-15-7-8-16-19-20-17(23(16)21-15)13-5-3-2-4-6-13/h2-8,14H,9-12H2,1H3,(H,18,21)/t14-/m0/s1. The normalized spacial score (nSPS) is 18.8. The summed E-state index contributed by atoms with van der Waals surface area (Å²) in [5.41, 5.74) is 1.72. The van der Waals surface area contributed by atoms with Crippen molar-refractivity contribution in [1.82, 2.24) is 24.7 Å². The molecule has 1 atom stereocenters. The number of fused-ring (bicyclic) bond motifs is 1. The van der Waals surface area contributed by atoms with E-state index in [2.05, 4.69) is 32.6 Å². The molecule has 0 aliphatic carbocycles. The van der Waals surface area contributed by atoms with Crippen molar-refractivity contribution in [2.24, 2.45) is 0 Å². The van der Waals surface area contributed by atoms with Crippen molar-refractivity contribution in [3.05, 3.63) is 42.5 Å². The topological polar surface area (TPSA) is 67.6 Å². The van der Waals surface area contributed by atoms with Gasteiger partial charge in [-0.25, -0.2) is 0 Å². The van der Waals surface area contributed by atoms with Crippen molar-refractivity contribution in [2.45, 2.75) is 6.10 Å². The lowest BCUT2D eigenvalue weighted by atomic mass is 10.2. The van der Waals surface area contributed by atoms with Crippen LogP contribution in [0.3, 0.4) is 0 Å². The van der Waals surface area contributed by atoms with Crippen molar-refractivity contribution in [1.29, 1.82) is 0 Å². The van der Waals surface area contributed by atoms with Gasteiger partial charge in [-0.1, -0.05) is 30.3 Å². The Balaban J connectivity index is 1.54. The number of hydrogen-bond donors (Lipinski definition) is 1. The van der Waals surface area contributed by atoms with E-state index in [9.17, 15) is 0 Å². The zero-order valence-electron chi connectivity index (χ0n) is 13.6. The highest BCUT2D eigenvalue weighted by Crippen LogP contribution is 2.18. The van der Waals surface area contributed by atoms with Crippen molar-refractivity contribution in [3.8, 4) is 11.4 Å². The van der Waals surface area contributed by atoms with E-state index in [1.54, 1.807) is 4.52 Å². The molecule has 124 valence electrons. The van der Waals surface area contributed by atoms with Crippen LogP contribution in [0, 0.1) is 0 Å². The fourth-order valence-corrected chi connectivity index (χ4v) is 2.86. The van der Waals surface area contributed by atoms with Gasteiger partial charge in [-0.2, -0.15) is 4.52 Å². The highest BCUT2D eigenvalue weighted by Gasteiger charge is 2.17. The van der Waals surface area contributed by atoms with Crippen LogP contribution in [-0.2, 0) is 4.74 Å². The molecule has 1 saturated heterocycles. The Morgan fingerprint density at radius 3 is 2.88 bits per heavy atom. The van der Waals surface area contributed by atoms with E-state index in [0.29, 0.717) is 0 Å². The quantitative estimate of drug-likeness (QED) is 0.785. The van der Waals surface area contributed by atoms with Gasteiger partial charge < -0.3 is 15.0 Å². The molecule has 1 aromatic carbocycles. The number of nitrogens with zero attached hydrogens (tertiary/aromatic N) is 5. The number of aromatic nitrogens is 4. The van der Waals surface area contributed by atoms with Gasteiger partial charge in [-0.05, 0) is 19.2 Å². The van der Waals surface area contributed by atoms with Crippen LogP contribution in [0.5, 0.6) is 0 Å². The molecule has 2 aromatic heterocycles. The Bertz CT molecular complexity index is 818. The number of likely N-dealkylation sites (N-methyl/N-ethyl adjacent to an activating group) is 1. The van der Waals surface area contributed by atoms with E-state index in [1.165, 1.54) is 0 Å². The molecule has 7 nitrogen and oxygen atoms in total. The molecule has 24 heavy (non-hydrogen) atoms. The SMILES string of the molecule is CN1CCO[C@@H](CNc2ccc3nnc(-c4ccccc4)n3n2)C1. The van der Waals surface area contributed by atoms with Gasteiger partial charge in [0.2, 0.25) is 0 Å². The van der Waals surface area contributed by atoms with Crippen LogP contribution < -0.4 is 5.32 Å². The predicted octanol–water partition coefficient (Wildman–Crippen LogP) is 1.53. The number of hydrogen-bond acceptors (Lipinski definition) is 6. The van der Waals surface area contributed by atoms with Crippen LogP contribution in [0.1, 0.15) is 0 Å². The summed E-state index contributed by atoms with van der Waals surface area (Å²) >= 11 is 0. The molecule has 0 amide bonds. The summed E-state index contributed by atoms with van der Waals surface area (Å²) in [5.74, 6) is 1.53. The summed E-state index contributed by atoms with van der Waals surface area (Å²) in [6.07, 6.45) is 0.177. The molecule has 3 heterocycles. The van der Waals surface area contributed by atoms with Crippen LogP contribution in [0.2, 0.25) is 0 Å². The second kappa shape index (κ2) is 6.54. The number of rotatable bonds is 4. The molecule has 0 spiro atoms. The Kier molecular flexibility index (Phi) is 4.10. The zero-order valence-corrected chi connectivity index (χ0v) is 13.6. The highest BCUT2D eigenvalue weighted by atomic mass is 16.5. The van der Waals surface area contributed by atoms with Crippen molar-refractivity contribution < 1.29 is 4.74 Å². The third-order valence-electron chi connectivity index (χ3n) is 4.15. The average molecular weight is 324 g/mol. The lowest BCUT2D eigenvalue weighted by Crippen LogP contribution is -2.43. The van der Waals surface area contributed by atoms with Crippen molar-refractivity contribution >= 4 is 11.5 Å². The van der Waals surface area contributed by atoms with Gasteiger partial charge in [0.05, 0.1) is 12.7 Å². The second-order valence-electron chi connectivity index (χ2n) is 6.01. The molecule has 3 aromatic rings. The van der Waals surface area contributed by atoms with Gasteiger partial charge in [0, 0.05) is 25.2 Å². The van der Waals surface area contributed by atoms with Crippen LogP contribution in [-0.4, -0.2) is 64.1 Å². The van der Waals surface area contributed by atoms with Gasteiger partial charge in [0.25, 0.3) is 0 Å². The minimum absolute atomic E-state index is 0.177. The first kappa shape index (κ1) is 15.0. The summed E-state index contributed by atoms with van der Waals surface area (Å²) in [6.45, 7) is 3.42. The number of anilines is 1. The number of morpholine rings is 1. The van der Waals surface area contributed by atoms with Gasteiger partial charge in [-0.15, -0.1) is 15.3 Å². The first-order valence-corrected chi connectivity index (χ1v) is 8.11. The van der Waals surface area contributed by atoms with E-state index >= 15 is 0 Å². The summed E-state index contributed by atoms with van der Waals surface area (Å²) in [6, 6.07) is 13.8. The minimum Gasteiger partial charge on any atom is -0.374 e. The third-order valence-corrected chi connectivity index (χ3v) is 4.15. The van der Waals surface area contributed by atoms with Crippen molar-refractivity contribution in [2.75, 3.05) is 38.6 Å². The van der Waals surface area contributed by atoms with Crippen LogP contribution in [0.15, 0.2) is 42.5 Å². The Morgan fingerprint density at radius 2 is 2.04 bits per heavy atom. The maximum absolute atomic E-state index is 5.77. The van der Waals surface area contributed by atoms with E-state index < -0.39 is 0 Å². The Labute approximate surface area is 140 Å². The summed E-state index contributed by atoms with van der Waals surface area (Å²) in [7, 11) is 2.11. The smallest absolute Gasteiger partial charge is 0.185 e. The summed E-state index contributed by atoms with van der Waals surface area (Å²) < 4.78 is 7.54. The van der Waals surface area contributed by atoms with Crippen LogP contribution in [0.25, 0.3) is 17.0 Å². The predicted molar refractivity (Wildman–Crippen MR) is 91.9 cm³/mol. The van der Waals surface area contributed by atoms with Crippen LogP contribution >= 0.6 is 0 Å². The molecule has 1 aliphatic heterocycles. The fraction of sp³-hybridized carbons (Fsp3) is 0.353. The number of ether oxygens (including phenoxy) is 1. The van der Waals surface area contributed by atoms with Gasteiger partial charge in [0.1, 0.15) is 5.82 Å². The first-order chi connectivity index (χ1) is 11.8. The average Bonchev–Trinajstić information content (AvgIpc) is 3.04. The molecule has 4 rings (SSSR count). The maximum Gasteiger partial charge on any atom is 0.185 e. The number of benzene rings is 1. The van der Waals surface area contributed by atoms with Gasteiger partial charge in [-0.3, -0.25) is 0 Å². The summed E-state index contributed by atoms with van der Waals surface area (Å²) in [5, 5.41) is 16.4. The lowest BCUT2D eigenvalue weighted by molar-refractivity contribution is -0.0117. The first-order valence-electron chi connectivity index (χ1n) is 8.11. The monoisotopic (exact) mass is 324 g/mol. The van der Waals surface area contributed by atoms with Gasteiger partial charge in [0.15, 0.2) is 11.5 Å². The molecule has 1 N–H and O–H groups in total. The van der Waals surface area contributed by atoms with Crippen LogP contribution in [0.4, 0.5) is 5.82 Å².